The lowest BCUT2D eigenvalue weighted by molar-refractivity contribution is 0.538. The van der Waals surface area contributed by atoms with Crippen LogP contribution in [0.3, 0.4) is 0 Å². The Bertz CT molecular complexity index is 652. The first-order chi connectivity index (χ1) is 14.8. The summed E-state index contributed by atoms with van der Waals surface area (Å²) in [7, 11) is 0. The standard InChI is InChI=1S/C16H34S/c1-2-3-4-5-6-7-8-9-10-11-12-13-14-15-16-17/h17H,2-16H2,1H3/i1D3,2D2,3D2,4D2,5D2,6D2,7D2,8D2. The summed E-state index contributed by atoms with van der Waals surface area (Å²) < 4.78 is 133. The molecule has 0 saturated carbocycles. The molecule has 0 radical (unpaired) electrons. The van der Waals surface area contributed by atoms with Crippen LogP contribution < -0.4 is 0 Å². The Morgan fingerprint density at radius 2 is 1.24 bits per heavy atom. The molecule has 0 saturated heterocycles. The van der Waals surface area contributed by atoms with E-state index in [4.69, 9.17) is 23.3 Å². The van der Waals surface area contributed by atoms with Crippen LogP contribution in [0.5, 0.6) is 0 Å². The molecular formula is C16H34S. The zero-order valence-corrected chi connectivity index (χ0v) is 11.0. The van der Waals surface area contributed by atoms with E-state index in [1.807, 2.05) is 0 Å². The van der Waals surface area contributed by atoms with Crippen LogP contribution in [-0.2, 0) is 0 Å². The Labute approximate surface area is 139 Å². The smallest absolute Gasteiger partial charge is 0.0267 e. The van der Waals surface area contributed by atoms with E-state index < -0.39 is 57.9 Å². The second-order valence-corrected chi connectivity index (χ2v) is 3.97. The summed E-state index contributed by atoms with van der Waals surface area (Å²) in [5.74, 6) is 0.735. The van der Waals surface area contributed by atoms with E-state index in [1.54, 1.807) is 0 Å². The van der Waals surface area contributed by atoms with Gasteiger partial charge >= 0.3 is 0 Å². The minimum absolute atomic E-state index is 0.141. The monoisotopic (exact) mass is 275 g/mol. The molecule has 0 N–H and O–H groups in total. The molecule has 0 aliphatic carbocycles. The fourth-order valence-electron chi connectivity index (χ4n) is 1.26. The average molecular weight is 276 g/mol. The van der Waals surface area contributed by atoms with Crippen LogP contribution in [0.25, 0.3) is 0 Å². The first kappa shape index (κ1) is 4.17. The molecule has 0 fully saturated rings. The van der Waals surface area contributed by atoms with E-state index in [-0.39, 0.29) is 6.42 Å². The van der Waals surface area contributed by atoms with Crippen LogP contribution >= 0.6 is 12.6 Å². The van der Waals surface area contributed by atoms with Crippen molar-refractivity contribution in [1.82, 2.24) is 0 Å². The van der Waals surface area contributed by atoms with Crippen LogP contribution in [0.15, 0.2) is 0 Å². The highest BCUT2D eigenvalue weighted by Crippen LogP contribution is 2.12. The highest BCUT2D eigenvalue weighted by molar-refractivity contribution is 7.80. The average Bonchev–Trinajstić information content (AvgIpc) is 2.65. The Kier molecular flexibility index (Phi) is 4.01. The lowest BCUT2D eigenvalue weighted by Gasteiger charge is -2.02. The Balaban J connectivity index is 5.98. The first-order valence-electron chi connectivity index (χ1n) is 14.4. The van der Waals surface area contributed by atoms with Crippen molar-refractivity contribution >= 4 is 12.6 Å². The molecule has 17 heavy (non-hydrogen) atoms. The van der Waals surface area contributed by atoms with Crippen LogP contribution in [0, 0.1) is 0 Å². The van der Waals surface area contributed by atoms with E-state index in [9.17, 15) is 0 Å². The maximum Gasteiger partial charge on any atom is 0.0267 e. The van der Waals surface area contributed by atoms with Gasteiger partial charge in [-0.2, -0.15) is 12.6 Å². The van der Waals surface area contributed by atoms with Crippen molar-refractivity contribution in [1.29, 1.82) is 0 Å². The summed E-state index contributed by atoms with van der Waals surface area (Å²) in [6.45, 7) is -3.76. The van der Waals surface area contributed by atoms with E-state index >= 15 is 0 Å². The molecule has 0 spiro atoms. The number of rotatable bonds is 14. The van der Waals surface area contributed by atoms with E-state index in [2.05, 4.69) is 12.6 Å². The lowest BCUT2D eigenvalue weighted by Crippen LogP contribution is -1.83. The summed E-state index contributed by atoms with van der Waals surface area (Å²) in [6.07, 6.45) is -23.8. The van der Waals surface area contributed by atoms with E-state index in [1.165, 1.54) is 0 Å². The summed E-state index contributed by atoms with van der Waals surface area (Å²) in [5, 5.41) is 0. The predicted octanol–water partition coefficient (Wildman–Crippen LogP) is 6.40. The van der Waals surface area contributed by atoms with Crippen molar-refractivity contribution in [3.8, 4) is 0 Å². The zero-order chi connectivity index (χ0) is 27.7. The van der Waals surface area contributed by atoms with Crippen molar-refractivity contribution in [2.24, 2.45) is 0 Å². The summed E-state index contributed by atoms with van der Waals surface area (Å²) in [6, 6.07) is 0. The second-order valence-electron chi connectivity index (χ2n) is 3.52. The van der Waals surface area contributed by atoms with Crippen molar-refractivity contribution in [3.63, 3.8) is 0 Å². The molecule has 0 nitrogen and oxygen atoms in total. The number of unbranched alkanes of at least 4 members (excludes halogenated alkanes) is 5. The first-order valence-corrected chi connectivity index (χ1v) is 6.55. The molecule has 0 aliphatic rings. The third kappa shape index (κ3) is 16.4. The van der Waals surface area contributed by atoms with Gasteiger partial charge in [-0.1, -0.05) is 90.0 Å². The minimum atomic E-state index is -4.22. The van der Waals surface area contributed by atoms with Crippen molar-refractivity contribution in [3.05, 3.63) is 0 Å². The summed E-state index contributed by atoms with van der Waals surface area (Å²) in [5.41, 5.74) is 0. The third-order valence-electron chi connectivity index (χ3n) is 2.11. The van der Waals surface area contributed by atoms with Gasteiger partial charge in [0.05, 0.1) is 0 Å². The molecule has 0 heterocycles. The van der Waals surface area contributed by atoms with Gasteiger partial charge in [0.15, 0.2) is 0 Å². The molecule has 1 heteroatoms. The van der Waals surface area contributed by atoms with Gasteiger partial charge in [0.2, 0.25) is 0 Å². The highest BCUT2D eigenvalue weighted by Gasteiger charge is 1.93. The van der Waals surface area contributed by atoms with Crippen molar-refractivity contribution in [2.75, 3.05) is 5.75 Å². The largest absolute Gasteiger partial charge is 0.179 e. The maximum absolute atomic E-state index is 8.10. The predicted molar refractivity (Wildman–Crippen MR) is 84.2 cm³/mol. The molecule has 0 rings (SSSR count). The Morgan fingerprint density at radius 3 is 1.88 bits per heavy atom. The molecule has 0 amide bonds. The van der Waals surface area contributed by atoms with Crippen LogP contribution in [-0.4, -0.2) is 5.75 Å². The van der Waals surface area contributed by atoms with Gasteiger partial charge in [0.25, 0.3) is 0 Å². The van der Waals surface area contributed by atoms with Crippen LogP contribution in [0.4, 0.5) is 0 Å². The maximum atomic E-state index is 8.10. The van der Waals surface area contributed by atoms with Crippen molar-refractivity contribution in [2.45, 2.75) is 96.4 Å². The van der Waals surface area contributed by atoms with Crippen molar-refractivity contribution < 1.29 is 23.3 Å². The topological polar surface area (TPSA) is 0 Å². The fraction of sp³-hybridized carbons (Fsp3) is 1.00. The zero-order valence-electron chi connectivity index (χ0n) is 27.1. The summed E-state index contributed by atoms with van der Waals surface area (Å²) in [4.78, 5) is 0. The fourth-order valence-corrected chi connectivity index (χ4v) is 1.49. The SMILES string of the molecule is [2H]C([2H])([2H])C([2H])([2H])C([2H])([2H])C([2H])([2H])C([2H])([2H])C([2H])([2H])C([2H])([2H])C([2H])([2H])CCCCCCCCS. The summed E-state index contributed by atoms with van der Waals surface area (Å²) >= 11 is 4.09. The third-order valence-corrected chi connectivity index (χ3v) is 2.43. The minimum Gasteiger partial charge on any atom is -0.179 e. The number of thiol groups is 1. The Morgan fingerprint density at radius 1 is 0.706 bits per heavy atom. The van der Waals surface area contributed by atoms with Gasteiger partial charge in [-0.25, -0.2) is 0 Å². The molecule has 0 atom stereocenters. The normalized spacial score (nSPS) is 32.4. The molecule has 104 valence electrons. The van der Waals surface area contributed by atoms with Crippen LogP contribution in [0.2, 0.25) is 0 Å². The molecule has 0 aromatic heterocycles. The lowest BCUT2D eigenvalue weighted by atomic mass is 10.0. The molecule has 0 aliphatic heterocycles. The van der Waals surface area contributed by atoms with Gasteiger partial charge in [-0.05, 0) is 12.2 Å². The van der Waals surface area contributed by atoms with Crippen LogP contribution in [0.1, 0.15) is 120 Å². The van der Waals surface area contributed by atoms with Gasteiger partial charge in [-0.15, -0.1) is 0 Å². The Hall–Kier alpha value is 0.350. The molecular weight excluding hydrogens is 224 g/mol. The second kappa shape index (κ2) is 16.4. The molecule has 0 bridgehead atoms. The molecule has 0 unspecified atom stereocenters. The quantitative estimate of drug-likeness (QED) is 0.275. The molecule has 0 aromatic rings. The van der Waals surface area contributed by atoms with E-state index in [0.29, 0.717) is 12.8 Å². The van der Waals surface area contributed by atoms with Gasteiger partial charge in [-0.3, -0.25) is 0 Å². The van der Waals surface area contributed by atoms with Gasteiger partial charge < -0.3 is 0 Å². The highest BCUT2D eigenvalue weighted by atomic mass is 32.1. The number of hydrogen-bond acceptors (Lipinski definition) is 1. The van der Waals surface area contributed by atoms with Gasteiger partial charge in [0, 0.05) is 23.3 Å². The van der Waals surface area contributed by atoms with E-state index in [0.717, 1.165) is 25.0 Å². The number of hydrogen-bond donors (Lipinski definition) is 1. The van der Waals surface area contributed by atoms with Gasteiger partial charge in [0.1, 0.15) is 0 Å². The molecule has 0 aromatic carbocycles.